The molecule has 11 heterocycles. The highest BCUT2D eigenvalue weighted by molar-refractivity contribution is 7.80. The molecule has 12 aromatic carbocycles. The summed E-state index contributed by atoms with van der Waals surface area (Å²) in [6.45, 7) is 25.1. The van der Waals surface area contributed by atoms with Crippen molar-refractivity contribution < 1.29 is 23.9 Å². The summed E-state index contributed by atoms with van der Waals surface area (Å²) in [6.07, 6.45) is 4.88. The first-order chi connectivity index (χ1) is 69.6. The minimum absolute atomic E-state index is 0.0152. The summed E-state index contributed by atoms with van der Waals surface area (Å²) in [7, 11) is 2.00. The standard InChI is InChI=1S/C27H25N3O.C27H25N3S.C23H23N3O2.2C22H25N3O/c31-27(25-16-15-21-9-7-8-14-24(21)28-25)30-19-17-29(18-20-30)26(22-10-3-1-4-11-22)23-12-5-2-6-13-23;31-27(24-19-23-13-7-8-14-25(23)28-20-24)30-17-15-29(16-18-30)26(21-9-3-1-4-10-21)22-11-5-2-6-12-22;27-23(21-7-6-18-3-1-2-4-20(18)24-21)26-12-10-25(11-13-26)16-17-5-8-22-19(15-17)9-14-28-22;1-17(18-8-4-3-5-9-18)24-12-14-25(15-13-24)22(26)20-16-23(2)21-11-7-6-10-19(20)21;1-16-8-9-20-19(14-16)15-21(23-20)22(26)25-12-10-24(11-13-25)17(2)18-6-4-3-5-7-18/h1-16,26H,17-20H2;1-14,19-20,26H,15-18H2;1-8,15H,9-14,16H2;3-11,16-17H,12-15H2,1-2H3;3-9,14-15,17,23H,10-13H2,1-2H3. The number of carbonyl (C=O) groups is 4. The molecule has 5 aromatic heterocycles. The monoisotopic (exact) mass is 1900 g/mol. The molecule has 4 amide bonds. The predicted molar refractivity (Wildman–Crippen MR) is 574 cm³/mol. The van der Waals surface area contributed by atoms with E-state index in [4.69, 9.17) is 17.0 Å². The van der Waals surface area contributed by atoms with Gasteiger partial charge in [-0.3, -0.25) is 48.7 Å². The number of fused-ring (bicyclic) bond motifs is 6. The van der Waals surface area contributed by atoms with Gasteiger partial charge in [0.1, 0.15) is 27.8 Å². The number of hydrogen-bond acceptors (Lipinski definition) is 14. The SMILES string of the molecule is CC(c1ccccc1)N1CCN(C(=O)c2cn(C)c3ccccc23)CC1.Cc1ccc2[nH]c(C(=O)N3CCN(C(C)c4ccccc4)CC3)cc2c1.O=C(c1ccc2ccccc2n1)N1CCN(C(c2ccccc2)c2ccccc2)CC1.O=C(c1ccc2ccccc2n1)N1CCN(Cc2ccc3c(c2)CCO3)CC1.S=C(c1cnc2ccccc2c1)N1CCN(C(c2ccccc2)c2ccccc2)CC1. The molecule has 2 atom stereocenters. The zero-order valence-electron chi connectivity index (χ0n) is 81.4. The second-order valence-corrected chi connectivity index (χ2v) is 38.1. The third kappa shape index (κ3) is 23.0. The van der Waals surface area contributed by atoms with Crippen molar-refractivity contribution in [1.82, 2.24) is 73.5 Å². The number of thiocarbonyl (C=S) groups is 1. The van der Waals surface area contributed by atoms with Crippen molar-refractivity contribution >= 4 is 95.3 Å². The van der Waals surface area contributed by atoms with Gasteiger partial charge in [-0.2, -0.15) is 0 Å². The summed E-state index contributed by atoms with van der Waals surface area (Å²) >= 11 is 5.86. The van der Waals surface area contributed by atoms with Crippen LogP contribution < -0.4 is 4.74 Å². The van der Waals surface area contributed by atoms with E-state index in [2.05, 4.69) is 301 Å². The van der Waals surface area contributed by atoms with Gasteiger partial charge in [0, 0.05) is 219 Å². The Bertz CT molecular complexity index is 6890. The summed E-state index contributed by atoms with van der Waals surface area (Å²) in [5, 5.41) is 5.39. The molecule has 0 bridgehead atoms. The molecule has 718 valence electrons. The number of nitrogens with one attached hydrogen (secondary N) is 1. The van der Waals surface area contributed by atoms with Crippen molar-refractivity contribution in [3.63, 3.8) is 0 Å². The molecule has 6 aliphatic heterocycles. The van der Waals surface area contributed by atoms with E-state index in [1.807, 2.05) is 165 Å². The van der Waals surface area contributed by atoms with E-state index in [1.54, 1.807) is 0 Å². The Labute approximate surface area is 838 Å². The van der Waals surface area contributed by atoms with Gasteiger partial charge in [0.25, 0.3) is 23.6 Å². The second-order valence-electron chi connectivity index (χ2n) is 37.7. The van der Waals surface area contributed by atoms with E-state index in [0.29, 0.717) is 42.3 Å². The van der Waals surface area contributed by atoms with E-state index in [1.165, 1.54) is 50.1 Å². The molecular formula is C121H123N15O5S. The molecule has 1 N–H and O–H groups in total. The van der Waals surface area contributed by atoms with Crippen molar-refractivity contribution in [2.75, 3.05) is 138 Å². The Morgan fingerprint density at radius 2 is 0.789 bits per heavy atom. The molecule has 0 aliphatic carbocycles. The fraction of sp³-hybridized carbons (Fsp3) is 0.256. The van der Waals surface area contributed by atoms with E-state index < -0.39 is 0 Å². The number of aromatic amines is 1. The average Bonchev–Trinajstić information content (AvgIpc) is 1.59. The zero-order valence-corrected chi connectivity index (χ0v) is 82.2. The highest BCUT2D eigenvalue weighted by Gasteiger charge is 2.34. The van der Waals surface area contributed by atoms with Crippen LogP contribution in [0, 0.1) is 6.92 Å². The molecule has 2 unspecified atom stereocenters. The summed E-state index contributed by atoms with van der Waals surface area (Å²) in [5.41, 5.74) is 20.2. The number of nitrogens with zero attached hydrogens (tertiary/aromatic N) is 14. The van der Waals surface area contributed by atoms with Gasteiger partial charge in [0.2, 0.25) is 0 Å². The van der Waals surface area contributed by atoms with Gasteiger partial charge in [0.15, 0.2) is 0 Å². The highest BCUT2D eigenvalue weighted by Crippen LogP contribution is 2.35. The molecule has 0 radical (unpaired) electrons. The molecular weight excluding hydrogens is 1780 g/mol. The number of ether oxygens (including phenoxy) is 1. The number of para-hydroxylation sites is 4. The lowest BCUT2D eigenvalue weighted by Crippen LogP contribution is -2.50. The Balaban J connectivity index is 0.000000113. The van der Waals surface area contributed by atoms with Crippen LogP contribution >= 0.6 is 12.2 Å². The maximum absolute atomic E-state index is 13.1. The number of H-pyrrole nitrogens is 1. The van der Waals surface area contributed by atoms with Gasteiger partial charge in [-0.05, 0) is 132 Å². The Hall–Kier alpha value is -14.7. The molecule has 17 aromatic rings. The zero-order chi connectivity index (χ0) is 97.2. The minimum atomic E-state index is 0.0152. The molecule has 0 spiro atoms. The van der Waals surface area contributed by atoms with Gasteiger partial charge in [-0.1, -0.05) is 303 Å². The molecule has 23 rings (SSSR count). The van der Waals surface area contributed by atoms with Crippen molar-refractivity contribution in [1.29, 1.82) is 0 Å². The van der Waals surface area contributed by atoms with Crippen LogP contribution in [0.15, 0.2) is 364 Å². The smallest absolute Gasteiger partial charge is 0.272 e. The van der Waals surface area contributed by atoms with Crippen molar-refractivity contribution in [3.05, 3.63) is 443 Å². The van der Waals surface area contributed by atoms with Crippen LogP contribution in [-0.4, -0.2) is 240 Å². The number of benzene rings is 12. The topological polar surface area (TPSA) is 169 Å². The number of rotatable bonds is 17. The highest BCUT2D eigenvalue weighted by atomic mass is 32.1. The van der Waals surface area contributed by atoms with E-state index in [0.717, 1.165) is 214 Å². The van der Waals surface area contributed by atoms with Crippen molar-refractivity contribution in [2.45, 2.75) is 57.9 Å². The Morgan fingerprint density at radius 3 is 1.29 bits per heavy atom. The Morgan fingerprint density at radius 1 is 0.373 bits per heavy atom. The largest absolute Gasteiger partial charge is 0.493 e. The van der Waals surface area contributed by atoms with Gasteiger partial charge in [-0.15, -0.1) is 0 Å². The predicted octanol–water partition coefficient (Wildman–Crippen LogP) is 20.9. The quantitative estimate of drug-likeness (QED) is 0.0854. The maximum Gasteiger partial charge on any atom is 0.272 e. The number of piperazine rings is 5. The third-order valence-electron chi connectivity index (χ3n) is 28.7. The summed E-state index contributed by atoms with van der Waals surface area (Å²) < 4.78 is 7.63. The van der Waals surface area contributed by atoms with Crippen LogP contribution in [0.25, 0.3) is 54.5 Å². The lowest BCUT2D eigenvalue weighted by Gasteiger charge is -2.40. The van der Waals surface area contributed by atoms with E-state index in [-0.39, 0.29) is 35.7 Å². The molecule has 5 saturated heterocycles. The molecule has 142 heavy (non-hydrogen) atoms. The van der Waals surface area contributed by atoms with Crippen LogP contribution in [0.3, 0.4) is 0 Å². The van der Waals surface area contributed by atoms with Crippen LogP contribution in [-0.2, 0) is 20.0 Å². The van der Waals surface area contributed by atoms with Crippen molar-refractivity contribution in [3.8, 4) is 5.75 Å². The average molecular weight is 1900 g/mol. The van der Waals surface area contributed by atoms with Crippen LogP contribution in [0.1, 0.15) is 135 Å². The van der Waals surface area contributed by atoms with Gasteiger partial charge in [-0.25, -0.2) is 9.97 Å². The lowest BCUT2D eigenvalue weighted by atomic mass is 9.96. The second kappa shape index (κ2) is 45.7. The molecule has 20 nitrogen and oxygen atoms in total. The first-order valence-corrected chi connectivity index (χ1v) is 50.4. The molecule has 0 saturated carbocycles. The first-order valence-electron chi connectivity index (χ1n) is 50.0. The van der Waals surface area contributed by atoms with E-state index >= 15 is 0 Å². The summed E-state index contributed by atoms with van der Waals surface area (Å²) in [6, 6.07) is 122. The normalized spacial score (nSPS) is 15.9. The van der Waals surface area contributed by atoms with Crippen LogP contribution in [0.2, 0.25) is 0 Å². The molecule has 5 fully saturated rings. The number of carbonyl (C=O) groups excluding carboxylic acids is 4. The fourth-order valence-corrected chi connectivity index (χ4v) is 20.9. The van der Waals surface area contributed by atoms with Gasteiger partial charge >= 0.3 is 0 Å². The van der Waals surface area contributed by atoms with Crippen LogP contribution in [0.5, 0.6) is 5.75 Å². The van der Waals surface area contributed by atoms with E-state index in [9.17, 15) is 19.2 Å². The molecule has 6 aliphatic rings. The lowest BCUT2D eigenvalue weighted by molar-refractivity contribution is 0.0574. The number of aryl methyl sites for hydroxylation is 2. The summed E-state index contributed by atoms with van der Waals surface area (Å²) in [4.78, 5) is 92.3. The molecule has 21 heteroatoms. The maximum atomic E-state index is 13.1. The minimum Gasteiger partial charge on any atom is -0.493 e. The Kier molecular flexibility index (Phi) is 31.0. The number of pyridine rings is 3. The number of amides is 4. The third-order valence-corrected chi connectivity index (χ3v) is 29.2. The summed E-state index contributed by atoms with van der Waals surface area (Å²) in [5.74, 6) is 1.32. The van der Waals surface area contributed by atoms with Gasteiger partial charge in [0.05, 0.1) is 40.8 Å². The number of hydrogen-bond donors (Lipinski definition) is 1. The van der Waals surface area contributed by atoms with Crippen LogP contribution in [0.4, 0.5) is 0 Å². The number of aromatic nitrogens is 5. The first kappa shape index (κ1) is 96.2. The fourth-order valence-electron chi connectivity index (χ4n) is 20.6. The van der Waals surface area contributed by atoms with Gasteiger partial charge < -0.3 is 38.8 Å². The van der Waals surface area contributed by atoms with Crippen molar-refractivity contribution in [2.24, 2.45) is 7.05 Å².